The van der Waals surface area contributed by atoms with Gasteiger partial charge in [-0.3, -0.25) is 9.59 Å². The van der Waals surface area contributed by atoms with Crippen LogP contribution in [0.3, 0.4) is 0 Å². The SMILES string of the molecule is CCC1C(=O)OC(=O)C1Cc1ccccc1. The molecule has 16 heavy (non-hydrogen) atoms. The van der Waals surface area contributed by atoms with Crippen molar-refractivity contribution in [3.63, 3.8) is 0 Å². The van der Waals surface area contributed by atoms with Crippen LogP contribution in [0.15, 0.2) is 30.3 Å². The van der Waals surface area contributed by atoms with Crippen LogP contribution in [0.2, 0.25) is 0 Å². The molecule has 0 aliphatic carbocycles. The van der Waals surface area contributed by atoms with Gasteiger partial charge in [-0.1, -0.05) is 37.3 Å². The summed E-state index contributed by atoms with van der Waals surface area (Å²) in [7, 11) is 0. The molecule has 2 rings (SSSR count). The van der Waals surface area contributed by atoms with Crippen LogP contribution < -0.4 is 0 Å². The zero-order valence-electron chi connectivity index (χ0n) is 9.18. The molecule has 84 valence electrons. The molecule has 3 heteroatoms. The molecule has 2 atom stereocenters. The fourth-order valence-corrected chi connectivity index (χ4v) is 2.12. The standard InChI is InChI=1S/C13H14O3/c1-2-10-11(13(15)16-12(10)14)8-9-6-4-3-5-7-9/h3-7,10-11H,2,8H2,1H3. The maximum absolute atomic E-state index is 11.5. The molecule has 0 N–H and O–H groups in total. The van der Waals surface area contributed by atoms with E-state index in [9.17, 15) is 9.59 Å². The van der Waals surface area contributed by atoms with E-state index in [4.69, 9.17) is 0 Å². The molecule has 0 aromatic heterocycles. The Balaban J connectivity index is 2.14. The zero-order chi connectivity index (χ0) is 11.5. The number of carbonyl (C=O) groups excluding carboxylic acids is 2. The summed E-state index contributed by atoms with van der Waals surface area (Å²) in [5.41, 5.74) is 1.07. The van der Waals surface area contributed by atoms with E-state index in [1.165, 1.54) is 0 Å². The van der Waals surface area contributed by atoms with Crippen molar-refractivity contribution in [1.82, 2.24) is 0 Å². The normalized spacial score (nSPS) is 24.6. The lowest BCUT2D eigenvalue weighted by Crippen LogP contribution is -2.19. The van der Waals surface area contributed by atoms with Gasteiger partial charge in [-0.05, 0) is 18.4 Å². The fraction of sp³-hybridized carbons (Fsp3) is 0.385. The Hall–Kier alpha value is -1.64. The molecular weight excluding hydrogens is 204 g/mol. The van der Waals surface area contributed by atoms with Gasteiger partial charge in [0, 0.05) is 0 Å². The molecule has 0 amide bonds. The summed E-state index contributed by atoms with van der Waals surface area (Å²) in [5.74, 6) is -1.32. The lowest BCUT2D eigenvalue weighted by Gasteiger charge is -2.11. The second kappa shape index (κ2) is 4.47. The summed E-state index contributed by atoms with van der Waals surface area (Å²) in [6.45, 7) is 1.91. The van der Waals surface area contributed by atoms with Crippen LogP contribution in [0, 0.1) is 11.8 Å². The maximum atomic E-state index is 11.5. The van der Waals surface area contributed by atoms with Gasteiger partial charge in [0.25, 0.3) is 0 Å². The smallest absolute Gasteiger partial charge is 0.317 e. The number of hydrogen-bond donors (Lipinski definition) is 0. The highest BCUT2D eigenvalue weighted by Gasteiger charge is 2.42. The largest absolute Gasteiger partial charge is 0.393 e. The Kier molecular flexibility index (Phi) is 3.04. The zero-order valence-corrected chi connectivity index (χ0v) is 9.18. The highest BCUT2D eigenvalue weighted by molar-refractivity contribution is 5.96. The van der Waals surface area contributed by atoms with Crippen molar-refractivity contribution in [2.24, 2.45) is 11.8 Å². The summed E-state index contributed by atoms with van der Waals surface area (Å²) in [6, 6.07) is 9.71. The molecule has 1 heterocycles. The molecule has 1 aliphatic heterocycles. The topological polar surface area (TPSA) is 43.4 Å². The molecule has 1 aliphatic rings. The molecule has 3 nitrogen and oxygen atoms in total. The maximum Gasteiger partial charge on any atom is 0.317 e. The minimum absolute atomic E-state index is 0.271. The molecule has 0 saturated carbocycles. The molecule has 1 fully saturated rings. The number of hydrogen-bond acceptors (Lipinski definition) is 3. The summed E-state index contributed by atoms with van der Waals surface area (Å²) in [4.78, 5) is 22.9. The van der Waals surface area contributed by atoms with Crippen LogP contribution in [0.4, 0.5) is 0 Å². The lowest BCUT2D eigenvalue weighted by atomic mass is 9.87. The Morgan fingerprint density at radius 3 is 2.31 bits per heavy atom. The highest BCUT2D eigenvalue weighted by atomic mass is 16.6. The fourth-order valence-electron chi connectivity index (χ4n) is 2.12. The van der Waals surface area contributed by atoms with Crippen molar-refractivity contribution in [3.05, 3.63) is 35.9 Å². The quantitative estimate of drug-likeness (QED) is 0.575. The van der Waals surface area contributed by atoms with Crippen LogP contribution >= 0.6 is 0 Å². The van der Waals surface area contributed by atoms with Crippen LogP contribution in [-0.4, -0.2) is 11.9 Å². The van der Waals surface area contributed by atoms with E-state index in [-0.39, 0.29) is 23.8 Å². The molecule has 0 spiro atoms. The Morgan fingerprint density at radius 2 is 1.69 bits per heavy atom. The van der Waals surface area contributed by atoms with Crippen LogP contribution in [0.25, 0.3) is 0 Å². The highest BCUT2D eigenvalue weighted by Crippen LogP contribution is 2.29. The molecule has 1 saturated heterocycles. The molecule has 1 aromatic rings. The van der Waals surface area contributed by atoms with Crippen LogP contribution in [-0.2, 0) is 20.7 Å². The predicted octanol–water partition coefficient (Wildman–Crippen LogP) is 1.95. The number of carbonyl (C=O) groups is 2. The van der Waals surface area contributed by atoms with E-state index < -0.39 is 0 Å². The number of ether oxygens (including phenoxy) is 1. The molecule has 0 bridgehead atoms. The van der Waals surface area contributed by atoms with E-state index >= 15 is 0 Å². The van der Waals surface area contributed by atoms with Crippen LogP contribution in [0.5, 0.6) is 0 Å². The van der Waals surface area contributed by atoms with Gasteiger partial charge in [0.1, 0.15) is 0 Å². The van der Waals surface area contributed by atoms with Gasteiger partial charge < -0.3 is 4.74 Å². The van der Waals surface area contributed by atoms with Gasteiger partial charge >= 0.3 is 11.9 Å². The number of esters is 2. The van der Waals surface area contributed by atoms with E-state index in [0.29, 0.717) is 12.8 Å². The number of rotatable bonds is 3. The Morgan fingerprint density at radius 1 is 1.06 bits per heavy atom. The average molecular weight is 218 g/mol. The van der Waals surface area contributed by atoms with Gasteiger partial charge in [-0.25, -0.2) is 0 Å². The number of cyclic esters (lactones) is 2. The molecular formula is C13H14O3. The van der Waals surface area contributed by atoms with Crippen molar-refractivity contribution >= 4 is 11.9 Å². The third-order valence-corrected chi connectivity index (χ3v) is 3.03. The second-order valence-electron chi connectivity index (χ2n) is 4.05. The van der Waals surface area contributed by atoms with Gasteiger partial charge in [0.15, 0.2) is 0 Å². The van der Waals surface area contributed by atoms with Gasteiger partial charge in [0.2, 0.25) is 0 Å². The summed E-state index contributed by atoms with van der Waals surface area (Å²) in [5, 5.41) is 0. The predicted molar refractivity (Wildman–Crippen MR) is 58.5 cm³/mol. The van der Waals surface area contributed by atoms with Gasteiger partial charge in [0.05, 0.1) is 11.8 Å². The third kappa shape index (κ3) is 1.98. The minimum Gasteiger partial charge on any atom is -0.393 e. The van der Waals surface area contributed by atoms with Gasteiger partial charge in [-0.2, -0.15) is 0 Å². The van der Waals surface area contributed by atoms with Crippen molar-refractivity contribution < 1.29 is 14.3 Å². The van der Waals surface area contributed by atoms with E-state index in [1.54, 1.807) is 0 Å². The second-order valence-corrected chi connectivity index (χ2v) is 4.05. The lowest BCUT2D eigenvalue weighted by molar-refractivity contribution is -0.153. The Labute approximate surface area is 94.4 Å². The summed E-state index contributed by atoms with van der Waals surface area (Å²) >= 11 is 0. The van der Waals surface area contributed by atoms with Crippen molar-refractivity contribution in [1.29, 1.82) is 0 Å². The van der Waals surface area contributed by atoms with E-state index in [0.717, 1.165) is 5.56 Å². The number of benzene rings is 1. The minimum atomic E-state index is -0.374. The molecule has 0 radical (unpaired) electrons. The first-order chi connectivity index (χ1) is 7.72. The van der Waals surface area contributed by atoms with E-state index in [1.807, 2.05) is 37.3 Å². The first kappa shape index (κ1) is 10.9. The summed E-state index contributed by atoms with van der Waals surface area (Å²) in [6.07, 6.45) is 1.24. The van der Waals surface area contributed by atoms with Crippen molar-refractivity contribution in [2.75, 3.05) is 0 Å². The van der Waals surface area contributed by atoms with Crippen molar-refractivity contribution in [2.45, 2.75) is 19.8 Å². The monoisotopic (exact) mass is 218 g/mol. The van der Waals surface area contributed by atoms with Crippen LogP contribution in [0.1, 0.15) is 18.9 Å². The third-order valence-electron chi connectivity index (χ3n) is 3.03. The van der Waals surface area contributed by atoms with E-state index in [2.05, 4.69) is 4.74 Å². The molecule has 2 unspecified atom stereocenters. The Bertz CT molecular complexity index is 397. The average Bonchev–Trinajstić information content (AvgIpc) is 2.55. The first-order valence-electron chi connectivity index (χ1n) is 5.52. The molecule has 1 aromatic carbocycles. The summed E-state index contributed by atoms with van der Waals surface area (Å²) < 4.78 is 4.67. The van der Waals surface area contributed by atoms with Crippen molar-refractivity contribution in [3.8, 4) is 0 Å². The first-order valence-corrected chi connectivity index (χ1v) is 5.52. The van der Waals surface area contributed by atoms with Gasteiger partial charge in [-0.15, -0.1) is 0 Å².